The number of ether oxygens (including phenoxy) is 1. The molecule has 150 valence electrons. The SMILES string of the molecule is COc1ccccc1NC(=O)C1CCN(Cc2ccc(-n3cccn3)cc2)CC1. The first-order chi connectivity index (χ1) is 14.2. The van der Waals surface area contributed by atoms with E-state index in [4.69, 9.17) is 4.74 Å². The first-order valence-corrected chi connectivity index (χ1v) is 9.98. The van der Waals surface area contributed by atoms with Crippen LogP contribution in [0.25, 0.3) is 5.69 Å². The Hall–Kier alpha value is -3.12. The highest BCUT2D eigenvalue weighted by Gasteiger charge is 2.25. The lowest BCUT2D eigenvalue weighted by Gasteiger charge is -2.31. The summed E-state index contributed by atoms with van der Waals surface area (Å²) in [6.07, 6.45) is 5.46. The summed E-state index contributed by atoms with van der Waals surface area (Å²) in [4.78, 5) is 15.1. The van der Waals surface area contributed by atoms with Gasteiger partial charge in [-0.15, -0.1) is 0 Å². The summed E-state index contributed by atoms with van der Waals surface area (Å²) in [7, 11) is 1.62. The number of carbonyl (C=O) groups excluding carboxylic acids is 1. The predicted molar refractivity (Wildman–Crippen MR) is 113 cm³/mol. The minimum Gasteiger partial charge on any atom is -0.495 e. The van der Waals surface area contributed by atoms with Gasteiger partial charge < -0.3 is 10.1 Å². The Morgan fingerprint density at radius 2 is 1.86 bits per heavy atom. The average molecular weight is 390 g/mol. The standard InChI is InChI=1S/C23H26N4O2/c1-29-22-6-3-2-5-21(22)25-23(28)19-11-15-26(16-12-19)17-18-7-9-20(10-8-18)27-14-4-13-24-27/h2-10,13-14,19H,11-12,15-17H2,1H3,(H,25,28). The van der Waals surface area contributed by atoms with Crippen LogP contribution in [0, 0.1) is 5.92 Å². The van der Waals surface area contributed by atoms with E-state index in [0.29, 0.717) is 5.75 Å². The van der Waals surface area contributed by atoms with E-state index in [0.717, 1.165) is 43.9 Å². The van der Waals surface area contributed by atoms with E-state index in [1.165, 1.54) is 5.56 Å². The molecular weight excluding hydrogens is 364 g/mol. The second-order valence-electron chi connectivity index (χ2n) is 7.36. The summed E-state index contributed by atoms with van der Waals surface area (Å²) >= 11 is 0. The zero-order valence-corrected chi connectivity index (χ0v) is 16.6. The Morgan fingerprint density at radius 3 is 2.55 bits per heavy atom. The number of hydrogen-bond acceptors (Lipinski definition) is 4. The van der Waals surface area contributed by atoms with Crippen molar-refractivity contribution < 1.29 is 9.53 Å². The van der Waals surface area contributed by atoms with Gasteiger partial charge in [-0.1, -0.05) is 24.3 Å². The number of nitrogens with one attached hydrogen (secondary N) is 1. The van der Waals surface area contributed by atoms with Crippen LogP contribution in [0.2, 0.25) is 0 Å². The molecule has 0 unspecified atom stereocenters. The van der Waals surface area contributed by atoms with Gasteiger partial charge in [0.25, 0.3) is 0 Å². The number of carbonyl (C=O) groups is 1. The third kappa shape index (κ3) is 4.66. The molecule has 1 N–H and O–H groups in total. The molecule has 2 heterocycles. The van der Waals surface area contributed by atoms with E-state index in [1.807, 2.05) is 41.2 Å². The van der Waals surface area contributed by atoms with Crippen LogP contribution in [-0.2, 0) is 11.3 Å². The van der Waals surface area contributed by atoms with Gasteiger partial charge in [-0.2, -0.15) is 5.10 Å². The fourth-order valence-electron chi connectivity index (χ4n) is 3.77. The molecule has 3 aromatic rings. The maximum absolute atomic E-state index is 12.7. The molecule has 0 atom stereocenters. The van der Waals surface area contributed by atoms with Crippen LogP contribution in [0.3, 0.4) is 0 Å². The second kappa shape index (κ2) is 8.92. The number of likely N-dealkylation sites (tertiary alicyclic amines) is 1. The number of hydrogen-bond donors (Lipinski definition) is 1. The number of para-hydroxylation sites is 2. The van der Waals surface area contributed by atoms with Gasteiger partial charge >= 0.3 is 0 Å². The van der Waals surface area contributed by atoms with Gasteiger partial charge in [0.1, 0.15) is 5.75 Å². The van der Waals surface area contributed by atoms with Crippen molar-refractivity contribution in [2.45, 2.75) is 19.4 Å². The molecule has 4 rings (SSSR count). The van der Waals surface area contributed by atoms with Crippen molar-refractivity contribution in [1.82, 2.24) is 14.7 Å². The van der Waals surface area contributed by atoms with Crippen LogP contribution in [0.15, 0.2) is 67.0 Å². The van der Waals surface area contributed by atoms with Crippen LogP contribution in [0.5, 0.6) is 5.75 Å². The largest absolute Gasteiger partial charge is 0.495 e. The van der Waals surface area contributed by atoms with Crippen molar-refractivity contribution in [3.8, 4) is 11.4 Å². The second-order valence-corrected chi connectivity index (χ2v) is 7.36. The first-order valence-electron chi connectivity index (χ1n) is 9.98. The fraction of sp³-hybridized carbons (Fsp3) is 0.304. The van der Waals surface area contributed by atoms with Crippen molar-refractivity contribution in [3.05, 3.63) is 72.6 Å². The topological polar surface area (TPSA) is 59.4 Å². The van der Waals surface area contributed by atoms with Crippen molar-refractivity contribution in [3.63, 3.8) is 0 Å². The molecule has 0 radical (unpaired) electrons. The zero-order valence-electron chi connectivity index (χ0n) is 16.6. The zero-order chi connectivity index (χ0) is 20.1. The number of piperidine rings is 1. The summed E-state index contributed by atoms with van der Waals surface area (Å²) in [5.41, 5.74) is 3.07. The third-order valence-corrected chi connectivity index (χ3v) is 5.43. The lowest BCUT2D eigenvalue weighted by molar-refractivity contribution is -0.121. The summed E-state index contributed by atoms with van der Waals surface area (Å²) < 4.78 is 7.18. The minimum atomic E-state index is 0.0401. The van der Waals surface area contributed by atoms with Crippen LogP contribution in [-0.4, -0.2) is 40.8 Å². The van der Waals surface area contributed by atoms with E-state index in [-0.39, 0.29) is 11.8 Å². The molecule has 0 spiro atoms. The molecule has 1 amide bonds. The van der Waals surface area contributed by atoms with Crippen molar-refractivity contribution in [2.75, 3.05) is 25.5 Å². The Bertz CT molecular complexity index is 930. The van der Waals surface area contributed by atoms with Gasteiger partial charge in [0.2, 0.25) is 5.91 Å². The monoisotopic (exact) mass is 390 g/mol. The lowest BCUT2D eigenvalue weighted by Crippen LogP contribution is -2.37. The molecule has 1 aliphatic heterocycles. The normalized spacial score (nSPS) is 15.2. The van der Waals surface area contributed by atoms with Crippen molar-refractivity contribution >= 4 is 11.6 Å². The fourth-order valence-corrected chi connectivity index (χ4v) is 3.77. The Morgan fingerprint density at radius 1 is 1.10 bits per heavy atom. The predicted octanol–water partition coefficient (Wildman–Crippen LogP) is 3.73. The number of nitrogens with zero attached hydrogens (tertiary/aromatic N) is 3. The number of benzene rings is 2. The molecule has 6 nitrogen and oxygen atoms in total. The molecule has 1 saturated heterocycles. The molecule has 0 saturated carbocycles. The van der Waals surface area contributed by atoms with Gasteiger partial charge in [0.05, 0.1) is 18.5 Å². The Balaban J connectivity index is 1.28. The van der Waals surface area contributed by atoms with Crippen LogP contribution in [0.1, 0.15) is 18.4 Å². The van der Waals surface area contributed by atoms with Crippen molar-refractivity contribution in [2.24, 2.45) is 5.92 Å². The van der Waals surface area contributed by atoms with Gasteiger partial charge in [-0.3, -0.25) is 9.69 Å². The van der Waals surface area contributed by atoms with E-state index in [1.54, 1.807) is 13.3 Å². The number of anilines is 1. The molecule has 0 aliphatic carbocycles. The van der Waals surface area contributed by atoms with E-state index >= 15 is 0 Å². The highest BCUT2D eigenvalue weighted by Crippen LogP contribution is 2.26. The van der Waals surface area contributed by atoms with E-state index in [9.17, 15) is 4.79 Å². The molecule has 1 aliphatic rings. The van der Waals surface area contributed by atoms with Crippen LogP contribution >= 0.6 is 0 Å². The number of rotatable bonds is 6. The Labute approximate surface area is 171 Å². The molecule has 0 bridgehead atoms. The van der Waals surface area contributed by atoms with Crippen LogP contribution < -0.4 is 10.1 Å². The van der Waals surface area contributed by atoms with Gasteiger partial charge in [0, 0.05) is 24.9 Å². The third-order valence-electron chi connectivity index (χ3n) is 5.43. The molecule has 6 heteroatoms. The number of methoxy groups -OCH3 is 1. The Kier molecular flexibility index (Phi) is 5.91. The van der Waals surface area contributed by atoms with Crippen LogP contribution in [0.4, 0.5) is 5.69 Å². The van der Waals surface area contributed by atoms with Gasteiger partial charge in [-0.25, -0.2) is 4.68 Å². The summed E-state index contributed by atoms with van der Waals surface area (Å²) in [5, 5.41) is 7.28. The highest BCUT2D eigenvalue weighted by molar-refractivity contribution is 5.94. The quantitative estimate of drug-likeness (QED) is 0.697. The lowest BCUT2D eigenvalue weighted by atomic mass is 9.95. The maximum atomic E-state index is 12.7. The average Bonchev–Trinajstić information content (AvgIpc) is 3.30. The molecular formula is C23H26N4O2. The summed E-state index contributed by atoms with van der Waals surface area (Å²) in [6.45, 7) is 2.75. The summed E-state index contributed by atoms with van der Waals surface area (Å²) in [6, 6.07) is 17.9. The smallest absolute Gasteiger partial charge is 0.227 e. The highest BCUT2D eigenvalue weighted by atomic mass is 16.5. The number of amides is 1. The van der Waals surface area contributed by atoms with E-state index in [2.05, 4.69) is 39.6 Å². The van der Waals surface area contributed by atoms with Crippen molar-refractivity contribution in [1.29, 1.82) is 0 Å². The van der Waals surface area contributed by atoms with Gasteiger partial charge in [0.15, 0.2) is 0 Å². The first kappa shape index (κ1) is 19.2. The molecule has 1 fully saturated rings. The molecule has 29 heavy (non-hydrogen) atoms. The number of aromatic nitrogens is 2. The maximum Gasteiger partial charge on any atom is 0.227 e. The minimum absolute atomic E-state index is 0.0401. The van der Waals surface area contributed by atoms with Gasteiger partial charge in [-0.05, 0) is 61.8 Å². The van der Waals surface area contributed by atoms with E-state index < -0.39 is 0 Å². The summed E-state index contributed by atoms with van der Waals surface area (Å²) in [5.74, 6) is 0.813. The molecule has 1 aromatic heterocycles. The molecule has 2 aromatic carbocycles.